The predicted molar refractivity (Wildman–Crippen MR) is 52.8 cm³/mol. The van der Waals surface area contributed by atoms with E-state index in [2.05, 4.69) is 0 Å². The zero-order valence-electron chi connectivity index (χ0n) is 9.06. The molecule has 14 heavy (non-hydrogen) atoms. The summed E-state index contributed by atoms with van der Waals surface area (Å²) in [6, 6.07) is 0. The molecule has 0 radical (unpaired) electrons. The average molecular weight is 201 g/mol. The number of likely N-dealkylation sites (N-methyl/N-ethyl adjacent to an activating group) is 1. The van der Waals surface area contributed by atoms with Gasteiger partial charge in [0.1, 0.15) is 6.10 Å². The maximum absolute atomic E-state index is 11.5. The second-order valence-corrected chi connectivity index (χ2v) is 4.00. The third-order valence-electron chi connectivity index (χ3n) is 2.70. The Morgan fingerprint density at radius 3 is 2.64 bits per heavy atom. The van der Waals surface area contributed by atoms with Gasteiger partial charge in [-0.1, -0.05) is 0 Å². The van der Waals surface area contributed by atoms with Gasteiger partial charge in [0.25, 0.3) is 5.91 Å². The lowest BCUT2D eigenvalue weighted by Crippen LogP contribution is -2.40. The van der Waals surface area contributed by atoms with E-state index in [4.69, 9.17) is 4.74 Å². The van der Waals surface area contributed by atoms with Crippen LogP contribution in [0.1, 0.15) is 19.8 Å². The van der Waals surface area contributed by atoms with Crippen LogP contribution in [-0.2, 0) is 9.53 Å². The molecule has 1 fully saturated rings. The SMILES string of the molecule is COC(C)C(=O)N(C)CC(O)C1CC1. The van der Waals surface area contributed by atoms with E-state index in [1.54, 1.807) is 14.0 Å². The lowest BCUT2D eigenvalue weighted by molar-refractivity contribution is -0.140. The first-order valence-corrected chi connectivity index (χ1v) is 5.02. The molecule has 0 heterocycles. The summed E-state index contributed by atoms with van der Waals surface area (Å²) in [5.41, 5.74) is 0. The highest BCUT2D eigenvalue weighted by atomic mass is 16.5. The molecule has 1 amide bonds. The van der Waals surface area contributed by atoms with E-state index < -0.39 is 6.10 Å². The first kappa shape index (κ1) is 11.5. The van der Waals surface area contributed by atoms with E-state index >= 15 is 0 Å². The maximum Gasteiger partial charge on any atom is 0.251 e. The monoisotopic (exact) mass is 201 g/mol. The number of hydrogen-bond acceptors (Lipinski definition) is 3. The number of nitrogens with zero attached hydrogens (tertiary/aromatic N) is 1. The van der Waals surface area contributed by atoms with Crippen LogP contribution in [0, 0.1) is 5.92 Å². The fourth-order valence-corrected chi connectivity index (χ4v) is 1.41. The zero-order chi connectivity index (χ0) is 10.7. The quantitative estimate of drug-likeness (QED) is 0.693. The largest absolute Gasteiger partial charge is 0.391 e. The van der Waals surface area contributed by atoms with Gasteiger partial charge >= 0.3 is 0 Å². The van der Waals surface area contributed by atoms with E-state index in [0.717, 1.165) is 12.8 Å². The van der Waals surface area contributed by atoms with E-state index in [0.29, 0.717) is 12.5 Å². The van der Waals surface area contributed by atoms with Gasteiger partial charge in [-0.05, 0) is 25.7 Å². The molecule has 0 bridgehead atoms. The van der Waals surface area contributed by atoms with Crippen molar-refractivity contribution in [3.05, 3.63) is 0 Å². The molecular formula is C10H19NO3. The molecule has 0 spiro atoms. The number of amides is 1. The molecule has 0 saturated heterocycles. The molecule has 1 saturated carbocycles. The summed E-state index contributed by atoms with van der Waals surface area (Å²) >= 11 is 0. The van der Waals surface area contributed by atoms with Crippen LogP contribution in [0.5, 0.6) is 0 Å². The molecule has 0 aromatic rings. The molecule has 1 N–H and O–H groups in total. The highest BCUT2D eigenvalue weighted by Gasteiger charge is 2.31. The average Bonchev–Trinajstić information content (AvgIpc) is 2.98. The van der Waals surface area contributed by atoms with Gasteiger partial charge in [0.05, 0.1) is 6.10 Å². The van der Waals surface area contributed by atoms with Crippen LogP contribution in [-0.4, -0.2) is 48.8 Å². The molecule has 4 heteroatoms. The molecular weight excluding hydrogens is 182 g/mol. The zero-order valence-corrected chi connectivity index (χ0v) is 9.06. The van der Waals surface area contributed by atoms with E-state index in [-0.39, 0.29) is 12.0 Å². The molecule has 2 atom stereocenters. The van der Waals surface area contributed by atoms with Crippen LogP contribution in [0.3, 0.4) is 0 Å². The maximum atomic E-state index is 11.5. The number of ether oxygens (including phenoxy) is 1. The summed E-state index contributed by atoms with van der Waals surface area (Å²) in [6.45, 7) is 2.12. The Morgan fingerprint density at radius 2 is 2.21 bits per heavy atom. The summed E-state index contributed by atoms with van der Waals surface area (Å²) in [6.07, 6.45) is 1.38. The molecule has 1 aliphatic carbocycles. The smallest absolute Gasteiger partial charge is 0.251 e. The summed E-state index contributed by atoms with van der Waals surface area (Å²) in [7, 11) is 3.21. The second kappa shape index (κ2) is 4.75. The van der Waals surface area contributed by atoms with Crippen molar-refractivity contribution in [3.8, 4) is 0 Å². The Labute approximate surface area is 84.8 Å². The molecule has 2 unspecified atom stereocenters. The number of aliphatic hydroxyl groups excluding tert-OH is 1. The van der Waals surface area contributed by atoms with Crippen molar-refractivity contribution in [1.29, 1.82) is 0 Å². The van der Waals surface area contributed by atoms with Gasteiger partial charge in [-0.2, -0.15) is 0 Å². The van der Waals surface area contributed by atoms with Gasteiger partial charge in [0, 0.05) is 20.7 Å². The minimum Gasteiger partial charge on any atom is -0.391 e. The lowest BCUT2D eigenvalue weighted by atomic mass is 10.2. The number of hydrogen-bond donors (Lipinski definition) is 1. The van der Waals surface area contributed by atoms with E-state index in [9.17, 15) is 9.90 Å². The van der Waals surface area contributed by atoms with E-state index in [1.165, 1.54) is 12.0 Å². The van der Waals surface area contributed by atoms with Crippen molar-refractivity contribution in [2.24, 2.45) is 5.92 Å². The summed E-state index contributed by atoms with van der Waals surface area (Å²) in [5, 5.41) is 9.63. The molecule has 1 aliphatic rings. The topological polar surface area (TPSA) is 49.8 Å². The summed E-state index contributed by atoms with van der Waals surface area (Å²) in [5.74, 6) is 0.329. The first-order valence-electron chi connectivity index (χ1n) is 5.02. The minimum atomic E-state index is -0.425. The van der Waals surface area contributed by atoms with Crippen molar-refractivity contribution >= 4 is 5.91 Å². The Hall–Kier alpha value is -0.610. The number of methoxy groups -OCH3 is 1. The summed E-state index contributed by atoms with van der Waals surface area (Å²) < 4.78 is 4.92. The van der Waals surface area contributed by atoms with Crippen LogP contribution in [0.25, 0.3) is 0 Å². The van der Waals surface area contributed by atoms with Gasteiger partial charge in [-0.15, -0.1) is 0 Å². The number of carbonyl (C=O) groups excluding carboxylic acids is 1. The van der Waals surface area contributed by atoms with Crippen LogP contribution >= 0.6 is 0 Å². The lowest BCUT2D eigenvalue weighted by Gasteiger charge is -2.23. The van der Waals surface area contributed by atoms with Crippen molar-refractivity contribution in [3.63, 3.8) is 0 Å². The van der Waals surface area contributed by atoms with E-state index in [1.807, 2.05) is 0 Å². The molecule has 0 aliphatic heterocycles. The molecule has 0 aromatic heterocycles. The van der Waals surface area contributed by atoms with Crippen molar-refractivity contribution in [1.82, 2.24) is 4.90 Å². The van der Waals surface area contributed by atoms with Crippen molar-refractivity contribution in [2.45, 2.75) is 32.0 Å². The number of rotatable bonds is 5. The highest BCUT2D eigenvalue weighted by Crippen LogP contribution is 2.32. The second-order valence-electron chi connectivity index (χ2n) is 4.00. The van der Waals surface area contributed by atoms with Gasteiger partial charge < -0.3 is 14.7 Å². The Bertz CT molecular complexity index is 204. The van der Waals surface area contributed by atoms with Crippen LogP contribution in [0.2, 0.25) is 0 Å². The third kappa shape index (κ3) is 2.96. The fourth-order valence-electron chi connectivity index (χ4n) is 1.41. The van der Waals surface area contributed by atoms with Gasteiger partial charge in [-0.3, -0.25) is 4.79 Å². The van der Waals surface area contributed by atoms with Gasteiger partial charge in [0.15, 0.2) is 0 Å². The van der Waals surface area contributed by atoms with Crippen LogP contribution in [0.15, 0.2) is 0 Å². The highest BCUT2D eigenvalue weighted by molar-refractivity contribution is 5.80. The predicted octanol–water partition coefficient (Wildman–Crippen LogP) is 0.251. The first-order chi connectivity index (χ1) is 6.56. The minimum absolute atomic E-state index is 0.0767. The third-order valence-corrected chi connectivity index (χ3v) is 2.70. The van der Waals surface area contributed by atoms with Crippen LogP contribution in [0.4, 0.5) is 0 Å². The Kier molecular flexibility index (Phi) is 3.89. The van der Waals surface area contributed by atoms with Crippen molar-refractivity contribution in [2.75, 3.05) is 20.7 Å². The Balaban J connectivity index is 2.32. The Morgan fingerprint density at radius 1 is 1.64 bits per heavy atom. The van der Waals surface area contributed by atoms with Gasteiger partial charge in [0.2, 0.25) is 0 Å². The summed E-state index contributed by atoms with van der Waals surface area (Å²) in [4.78, 5) is 13.1. The molecule has 0 aromatic carbocycles. The molecule has 82 valence electrons. The molecule has 4 nitrogen and oxygen atoms in total. The van der Waals surface area contributed by atoms with Crippen molar-refractivity contribution < 1.29 is 14.6 Å². The normalized spacial score (nSPS) is 20.3. The number of aliphatic hydroxyl groups is 1. The number of carbonyl (C=O) groups is 1. The van der Waals surface area contributed by atoms with Crippen LogP contribution < -0.4 is 0 Å². The fraction of sp³-hybridized carbons (Fsp3) is 0.900. The van der Waals surface area contributed by atoms with Gasteiger partial charge in [-0.25, -0.2) is 0 Å². The standard InChI is InChI=1S/C10H19NO3/c1-7(14-3)10(13)11(2)6-9(12)8-4-5-8/h7-9,12H,4-6H2,1-3H3. The molecule has 1 rings (SSSR count).